The molecular formula is C18H21N4O3+. The lowest BCUT2D eigenvalue weighted by Crippen LogP contribution is -2.44. The predicted octanol–water partition coefficient (Wildman–Crippen LogP) is 2.69. The smallest absolute Gasteiger partial charge is 0.339 e. The Hall–Kier alpha value is -3.14. The number of esters is 1. The molecule has 0 fully saturated rings. The van der Waals surface area contributed by atoms with Gasteiger partial charge in [-0.1, -0.05) is 6.92 Å². The average molecular weight is 341 g/mol. The number of hydrogen-bond donors (Lipinski definition) is 2. The van der Waals surface area contributed by atoms with Crippen molar-refractivity contribution in [1.29, 1.82) is 0 Å². The molecule has 0 aliphatic heterocycles. The summed E-state index contributed by atoms with van der Waals surface area (Å²) in [7, 11) is 0. The van der Waals surface area contributed by atoms with Gasteiger partial charge in [0, 0.05) is 36.0 Å². The molecule has 2 rings (SSSR count). The van der Waals surface area contributed by atoms with E-state index in [1.807, 2.05) is 13.8 Å². The largest absolute Gasteiger partial charge is 0.461 e. The van der Waals surface area contributed by atoms with Crippen LogP contribution in [0.2, 0.25) is 0 Å². The minimum atomic E-state index is -0.819. The van der Waals surface area contributed by atoms with E-state index in [-0.39, 0.29) is 18.4 Å². The maximum Gasteiger partial charge on any atom is 0.339 e. The highest BCUT2D eigenvalue weighted by Crippen LogP contribution is 2.13. The molecule has 1 heterocycles. The molecule has 7 heteroatoms. The van der Waals surface area contributed by atoms with Gasteiger partial charge in [-0.15, -0.1) is 0 Å². The van der Waals surface area contributed by atoms with Crippen LogP contribution < -0.4 is 5.32 Å². The van der Waals surface area contributed by atoms with Gasteiger partial charge in [-0.2, -0.15) is 0 Å². The molecule has 0 saturated carbocycles. The van der Waals surface area contributed by atoms with Gasteiger partial charge in [-0.05, 0) is 30.3 Å². The van der Waals surface area contributed by atoms with E-state index in [1.54, 1.807) is 30.5 Å². The average Bonchev–Trinajstić information content (AvgIpc) is 3.14. The first-order chi connectivity index (χ1) is 12.0. The van der Waals surface area contributed by atoms with Crippen molar-refractivity contribution in [2.45, 2.75) is 38.8 Å². The Morgan fingerprint density at radius 3 is 2.64 bits per heavy atom. The summed E-state index contributed by atoms with van der Waals surface area (Å²) in [5.74, 6) is -0.861. The van der Waals surface area contributed by atoms with Crippen molar-refractivity contribution in [3.8, 4) is 6.57 Å². The fraction of sp³-hybridized carbons (Fsp3) is 0.333. The van der Waals surface area contributed by atoms with Gasteiger partial charge >= 0.3 is 11.7 Å². The maximum absolute atomic E-state index is 12.4. The van der Waals surface area contributed by atoms with E-state index >= 15 is 0 Å². The third-order valence-electron chi connectivity index (χ3n) is 3.74. The Morgan fingerprint density at radius 2 is 2.08 bits per heavy atom. The van der Waals surface area contributed by atoms with E-state index < -0.39 is 12.0 Å². The molecule has 0 saturated heterocycles. The third-order valence-corrected chi connectivity index (χ3v) is 3.74. The van der Waals surface area contributed by atoms with Crippen molar-refractivity contribution in [3.63, 3.8) is 0 Å². The number of nitrogens with one attached hydrogen (secondary N) is 2. The number of carbonyl (C=O) groups is 2. The molecule has 0 aliphatic carbocycles. The van der Waals surface area contributed by atoms with Crippen molar-refractivity contribution >= 4 is 17.6 Å². The summed E-state index contributed by atoms with van der Waals surface area (Å²) in [6, 6.07) is 5.61. The first-order valence-corrected chi connectivity index (χ1v) is 8.03. The Morgan fingerprint density at radius 1 is 1.36 bits per heavy atom. The van der Waals surface area contributed by atoms with Crippen molar-refractivity contribution < 1.29 is 14.3 Å². The van der Waals surface area contributed by atoms with Crippen molar-refractivity contribution in [1.82, 2.24) is 15.3 Å². The fourth-order valence-corrected chi connectivity index (χ4v) is 2.11. The van der Waals surface area contributed by atoms with Crippen LogP contribution in [0, 0.1) is 6.57 Å². The highest BCUT2D eigenvalue weighted by Gasteiger charge is 2.25. The number of amides is 1. The summed E-state index contributed by atoms with van der Waals surface area (Å²) in [5.41, 5.74) is 1.68. The Bertz CT molecular complexity index is 748. The van der Waals surface area contributed by atoms with E-state index in [9.17, 15) is 9.59 Å². The van der Waals surface area contributed by atoms with Crippen LogP contribution in [0.15, 0.2) is 36.8 Å². The Balaban J connectivity index is 2.11. The van der Waals surface area contributed by atoms with Gasteiger partial charge in [0.15, 0.2) is 0 Å². The number of imidazole rings is 1. The Kier molecular flexibility index (Phi) is 6.29. The van der Waals surface area contributed by atoms with Crippen LogP contribution in [-0.2, 0) is 16.0 Å². The third kappa shape index (κ3) is 5.18. The summed E-state index contributed by atoms with van der Waals surface area (Å²) < 4.78 is 5.36. The summed E-state index contributed by atoms with van der Waals surface area (Å²) >= 11 is 0. The number of aromatic amines is 1. The number of hydrogen-bond acceptors (Lipinski definition) is 4. The number of carbonyl (C=O) groups excluding carboxylic acids is 2. The summed E-state index contributed by atoms with van der Waals surface area (Å²) in [6.07, 6.45) is 3.85. The monoisotopic (exact) mass is 341 g/mol. The van der Waals surface area contributed by atoms with Crippen molar-refractivity contribution in [2.24, 2.45) is 0 Å². The first-order valence-electron chi connectivity index (χ1n) is 8.03. The van der Waals surface area contributed by atoms with Gasteiger partial charge in [-0.25, -0.2) is 9.78 Å². The molecule has 1 amide bonds. The van der Waals surface area contributed by atoms with Crippen LogP contribution in [0.1, 0.15) is 36.3 Å². The normalized spacial score (nSPS) is 12.7. The highest BCUT2D eigenvalue weighted by atomic mass is 16.5. The maximum atomic E-state index is 12.4. The molecule has 0 bridgehead atoms. The lowest BCUT2D eigenvalue weighted by molar-refractivity contribution is -0.150. The number of aromatic nitrogens is 2. The molecule has 2 atom stereocenters. The number of rotatable bonds is 7. The number of benzene rings is 1. The summed E-state index contributed by atoms with van der Waals surface area (Å²) in [5, 5.41) is 2.72. The van der Waals surface area contributed by atoms with Crippen LogP contribution in [0.3, 0.4) is 0 Å². The van der Waals surface area contributed by atoms with Crippen LogP contribution in [0.5, 0.6) is 0 Å². The lowest BCUT2D eigenvalue weighted by Gasteiger charge is -2.19. The molecule has 7 nitrogen and oxygen atoms in total. The topological polar surface area (TPSA) is 88.4 Å². The molecule has 0 aliphatic rings. The highest BCUT2D eigenvalue weighted by molar-refractivity contribution is 5.97. The second-order valence-electron chi connectivity index (χ2n) is 5.64. The van der Waals surface area contributed by atoms with E-state index in [1.165, 1.54) is 6.33 Å². The minimum absolute atomic E-state index is 0.223. The van der Waals surface area contributed by atoms with Gasteiger partial charge in [-0.3, -0.25) is 4.79 Å². The zero-order chi connectivity index (χ0) is 18.2. The zero-order valence-electron chi connectivity index (χ0n) is 14.2. The van der Waals surface area contributed by atoms with E-state index in [2.05, 4.69) is 20.1 Å². The van der Waals surface area contributed by atoms with E-state index in [0.29, 0.717) is 17.7 Å². The number of ether oxygens (including phenoxy) is 1. The van der Waals surface area contributed by atoms with Gasteiger partial charge in [0.2, 0.25) is 0 Å². The van der Waals surface area contributed by atoms with E-state index in [0.717, 1.165) is 5.69 Å². The van der Waals surface area contributed by atoms with Gasteiger partial charge < -0.3 is 15.0 Å². The van der Waals surface area contributed by atoms with Crippen LogP contribution in [0.25, 0.3) is 4.85 Å². The van der Waals surface area contributed by atoms with Crippen LogP contribution >= 0.6 is 0 Å². The molecule has 1 unspecified atom stereocenters. The fourth-order valence-electron chi connectivity index (χ4n) is 2.11. The van der Waals surface area contributed by atoms with E-state index in [4.69, 9.17) is 11.3 Å². The molecule has 2 N–H and O–H groups in total. The molecule has 1 aromatic heterocycles. The molecular weight excluding hydrogens is 320 g/mol. The van der Waals surface area contributed by atoms with Crippen LogP contribution in [-0.4, -0.2) is 34.0 Å². The molecule has 1 aromatic carbocycles. The summed E-state index contributed by atoms with van der Waals surface area (Å²) in [4.78, 5) is 35.2. The zero-order valence-corrected chi connectivity index (χ0v) is 14.2. The van der Waals surface area contributed by atoms with Crippen molar-refractivity contribution in [3.05, 3.63) is 52.9 Å². The first kappa shape index (κ1) is 18.2. The number of nitrogens with zero attached hydrogens (tertiary/aromatic N) is 2. The van der Waals surface area contributed by atoms with Crippen LogP contribution in [0.4, 0.5) is 5.69 Å². The number of H-pyrrole nitrogens is 1. The second kappa shape index (κ2) is 8.64. The molecule has 0 radical (unpaired) electrons. The molecule has 25 heavy (non-hydrogen) atoms. The molecule has 130 valence electrons. The SMILES string of the molecule is C#[N+]c1ccc(C(=O)N[C@H](Cc2cnc[nH]2)C(=O)OC(C)CC)cc1. The van der Waals surface area contributed by atoms with Crippen molar-refractivity contribution in [2.75, 3.05) is 0 Å². The molecule has 2 aromatic rings. The predicted molar refractivity (Wildman–Crippen MR) is 93.8 cm³/mol. The second-order valence-corrected chi connectivity index (χ2v) is 5.64. The molecule has 0 spiro atoms. The van der Waals surface area contributed by atoms with Gasteiger partial charge in [0.05, 0.1) is 12.4 Å². The van der Waals surface area contributed by atoms with Gasteiger partial charge in [0.1, 0.15) is 6.04 Å². The Labute approximate surface area is 146 Å². The van der Waals surface area contributed by atoms with Gasteiger partial charge in [0.25, 0.3) is 12.5 Å². The summed E-state index contributed by atoms with van der Waals surface area (Å²) in [6.45, 7) is 8.91. The lowest BCUT2D eigenvalue weighted by atomic mass is 10.1. The quantitative estimate of drug-likeness (QED) is 0.758. The minimum Gasteiger partial charge on any atom is -0.461 e. The standard InChI is InChI=1S/C18H20N4O3/c1-4-12(2)25-18(24)16(9-15-10-20-11-21-15)22-17(23)13-5-7-14(19-3)8-6-13/h3,5-8,10-12,16H,4,9H2,1-2H3,(H-,20,21,22,23)/p+1/t12?,16-/m1/s1.